The van der Waals surface area contributed by atoms with Gasteiger partial charge in [-0.15, -0.1) is 0 Å². The molecule has 0 aliphatic heterocycles. The number of carbonyl (C=O) groups is 1. The molecule has 1 aromatic heterocycles. The maximum absolute atomic E-state index is 12.3. The summed E-state index contributed by atoms with van der Waals surface area (Å²) in [6.45, 7) is 3.46. The van der Waals surface area contributed by atoms with E-state index in [-0.39, 0.29) is 37.8 Å². The number of nitrogens with zero attached hydrogens (tertiary/aromatic N) is 1. The van der Waals surface area contributed by atoms with Crippen molar-refractivity contribution in [1.29, 1.82) is 0 Å². The van der Waals surface area contributed by atoms with Gasteiger partial charge in [0.15, 0.2) is 5.76 Å². The van der Waals surface area contributed by atoms with E-state index in [4.69, 9.17) is 14.6 Å². The number of aryl methyl sites for hydroxylation is 1. The van der Waals surface area contributed by atoms with Crippen molar-refractivity contribution in [1.82, 2.24) is 4.90 Å². The van der Waals surface area contributed by atoms with Crippen LogP contribution in [-0.2, 0) is 0 Å². The number of phenolic OH excluding ortho intramolecular Hbond substituents is 1. The van der Waals surface area contributed by atoms with E-state index in [1.165, 1.54) is 4.90 Å². The second-order valence-electron chi connectivity index (χ2n) is 4.91. The van der Waals surface area contributed by atoms with Crippen molar-refractivity contribution >= 4 is 16.9 Å². The van der Waals surface area contributed by atoms with Gasteiger partial charge in [0.05, 0.1) is 13.2 Å². The van der Waals surface area contributed by atoms with E-state index in [2.05, 4.69) is 0 Å². The fraction of sp³-hybridized carbons (Fsp3) is 0.400. The lowest BCUT2D eigenvalue weighted by molar-refractivity contribution is 0.0656. The van der Waals surface area contributed by atoms with Gasteiger partial charge >= 0.3 is 0 Å². The molecule has 3 N–H and O–H groups in total. The van der Waals surface area contributed by atoms with E-state index in [1.807, 2.05) is 6.92 Å². The minimum absolute atomic E-state index is 0.125. The van der Waals surface area contributed by atoms with Gasteiger partial charge in [-0.1, -0.05) is 0 Å². The van der Waals surface area contributed by atoms with Crippen molar-refractivity contribution in [2.75, 3.05) is 26.3 Å². The Hall–Kier alpha value is -2.05. The van der Waals surface area contributed by atoms with Gasteiger partial charge in [0, 0.05) is 18.5 Å². The Bertz CT molecular complexity index is 656. The topological polar surface area (TPSA) is 94.1 Å². The number of fused-ring (bicyclic) bond motifs is 1. The zero-order valence-corrected chi connectivity index (χ0v) is 12.1. The molecule has 0 fully saturated rings. The standard InChI is InChI=1S/C15H19NO5/c1-9-10(2)14-11(7-12(9)19)8-13(21-14)15(20)16(3-5-17)4-6-18/h7-8,17-19H,3-6H2,1-2H3. The van der Waals surface area contributed by atoms with Crippen LogP contribution in [0, 0.1) is 13.8 Å². The van der Waals surface area contributed by atoms with E-state index >= 15 is 0 Å². The minimum atomic E-state index is -0.397. The van der Waals surface area contributed by atoms with E-state index in [9.17, 15) is 9.90 Å². The number of rotatable bonds is 5. The third-order valence-corrected chi connectivity index (χ3v) is 3.58. The lowest BCUT2D eigenvalue weighted by atomic mass is 10.1. The van der Waals surface area contributed by atoms with Gasteiger partial charge in [0.1, 0.15) is 11.3 Å². The molecule has 0 atom stereocenters. The van der Waals surface area contributed by atoms with Crippen molar-refractivity contribution < 1.29 is 24.5 Å². The summed E-state index contributed by atoms with van der Waals surface area (Å²) in [7, 11) is 0. The number of furan rings is 1. The highest BCUT2D eigenvalue weighted by Crippen LogP contribution is 2.31. The predicted octanol–water partition coefficient (Wildman–Crippen LogP) is 1.18. The number of hydrogen-bond donors (Lipinski definition) is 3. The minimum Gasteiger partial charge on any atom is -0.508 e. The molecule has 6 nitrogen and oxygen atoms in total. The Labute approximate surface area is 122 Å². The summed E-state index contributed by atoms with van der Waals surface area (Å²) in [6, 6.07) is 3.12. The summed E-state index contributed by atoms with van der Waals surface area (Å²) in [5, 5.41) is 28.4. The zero-order chi connectivity index (χ0) is 15.6. The Morgan fingerprint density at radius 1 is 1.14 bits per heavy atom. The largest absolute Gasteiger partial charge is 0.508 e. The molecule has 114 valence electrons. The lowest BCUT2D eigenvalue weighted by Gasteiger charge is -2.18. The molecule has 1 heterocycles. The fourth-order valence-electron chi connectivity index (χ4n) is 2.24. The highest BCUT2D eigenvalue weighted by atomic mass is 16.3. The first-order valence-electron chi connectivity index (χ1n) is 6.73. The Morgan fingerprint density at radius 2 is 1.76 bits per heavy atom. The highest BCUT2D eigenvalue weighted by Gasteiger charge is 2.20. The monoisotopic (exact) mass is 293 g/mol. The molecular weight excluding hydrogens is 274 g/mol. The smallest absolute Gasteiger partial charge is 0.289 e. The molecule has 2 rings (SSSR count). The first kappa shape index (κ1) is 15.3. The van der Waals surface area contributed by atoms with Crippen LogP contribution in [-0.4, -0.2) is 52.4 Å². The van der Waals surface area contributed by atoms with Crippen LogP contribution in [0.4, 0.5) is 0 Å². The zero-order valence-electron chi connectivity index (χ0n) is 12.1. The van der Waals surface area contributed by atoms with Crippen molar-refractivity contribution in [3.63, 3.8) is 0 Å². The second-order valence-corrected chi connectivity index (χ2v) is 4.91. The number of phenols is 1. The van der Waals surface area contributed by atoms with E-state index in [0.29, 0.717) is 16.5 Å². The number of aliphatic hydroxyl groups is 2. The van der Waals surface area contributed by atoms with E-state index < -0.39 is 5.91 Å². The van der Waals surface area contributed by atoms with Gasteiger partial charge < -0.3 is 24.6 Å². The maximum Gasteiger partial charge on any atom is 0.289 e. The third kappa shape index (κ3) is 2.86. The molecule has 21 heavy (non-hydrogen) atoms. The summed E-state index contributed by atoms with van der Waals surface area (Å²) in [5.41, 5.74) is 2.04. The molecular formula is C15H19NO5. The van der Waals surface area contributed by atoms with Crippen LogP contribution in [0.2, 0.25) is 0 Å². The van der Waals surface area contributed by atoms with Crippen LogP contribution >= 0.6 is 0 Å². The number of carbonyl (C=O) groups excluding carboxylic acids is 1. The van der Waals surface area contributed by atoms with Gasteiger partial charge in [-0.25, -0.2) is 0 Å². The molecule has 0 spiro atoms. The van der Waals surface area contributed by atoms with Crippen LogP contribution in [0.25, 0.3) is 11.0 Å². The van der Waals surface area contributed by atoms with Crippen LogP contribution in [0.5, 0.6) is 5.75 Å². The van der Waals surface area contributed by atoms with E-state index in [0.717, 1.165) is 5.56 Å². The number of benzene rings is 1. The Balaban J connectivity index is 2.42. The number of aromatic hydroxyl groups is 1. The van der Waals surface area contributed by atoms with Crippen LogP contribution in [0.3, 0.4) is 0 Å². The van der Waals surface area contributed by atoms with Crippen molar-refractivity contribution in [2.24, 2.45) is 0 Å². The number of hydrogen-bond acceptors (Lipinski definition) is 5. The Kier molecular flexibility index (Phi) is 4.50. The van der Waals surface area contributed by atoms with Gasteiger partial charge in [0.25, 0.3) is 5.91 Å². The average molecular weight is 293 g/mol. The highest BCUT2D eigenvalue weighted by molar-refractivity contribution is 5.97. The van der Waals surface area contributed by atoms with Gasteiger partial charge in [-0.05, 0) is 37.1 Å². The third-order valence-electron chi connectivity index (χ3n) is 3.58. The first-order chi connectivity index (χ1) is 9.99. The summed E-state index contributed by atoms with van der Waals surface area (Å²) < 4.78 is 5.60. The van der Waals surface area contributed by atoms with Crippen molar-refractivity contribution in [3.05, 3.63) is 29.0 Å². The average Bonchev–Trinajstić information content (AvgIpc) is 2.88. The molecule has 0 aliphatic carbocycles. The molecule has 6 heteroatoms. The first-order valence-corrected chi connectivity index (χ1v) is 6.73. The van der Waals surface area contributed by atoms with Crippen LogP contribution in [0.15, 0.2) is 16.5 Å². The molecule has 0 aliphatic rings. The number of amides is 1. The molecule has 0 saturated carbocycles. The van der Waals surface area contributed by atoms with Crippen LogP contribution in [0.1, 0.15) is 21.7 Å². The van der Waals surface area contributed by atoms with Crippen molar-refractivity contribution in [2.45, 2.75) is 13.8 Å². The normalized spacial score (nSPS) is 11.0. The molecule has 0 saturated heterocycles. The molecule has 0 bridgehead atoms. The maximum atomic E-state index is 12.3. The van der Waals surface area contributed by atoms with Crippen LogP contribution < -0.4 is 0 Å². The predicted molar refractivity (Wildman–Crippen MR) is 77.4 cm³/mol. The summed E-state index contributed by atoms with van der Waals surface area (Å²) >= 11 is 0. The lowest BCUT2D eigenvalue weighted by Crippen LogP contribution is -2.35. The van der Waals surface area contributed by atoms with Crippen molar-refractivity contribution in [3.8, 4) is 5.75 Å². The SMILES string of the molecule is Cc1c(O)cc2cc(C(=O)N(CCO)CCO)oc2c1C. The Morgan fingerprint density at radius 3 is 2.33 bits per heavy atom. The number of aliphatic hydroxyl groups excluding tert-OH is 2. The van der Waals surface area contributed by atoms with Gasteiger partial charge in [0.2, 0.25) is 0 Å². The fourth-order valence-corrected chi connectivity index (χ4v) is 2.24. The molecule has 1 amide bonds. The molecule has 1 aromatic carbocycles. The molecule has 2 aromatic rings. The van der Waals surface area contributed by atoms with Gasteiger partial charge in [-0.2, -0.15) is 0 Å². The van der Waals surface area contributed by atoms with E-state index in [1.54, 1.807) is 19.1 Å². The van der Waals surface area contributed by atoms with Gasteiger partial charge in [-0.3, -0.25) is 4.79 Å². The second kappa shape index (κ2) is 6.15. The summed E-state index contributed by atoms with van der Waals surface area (Å²) in [6.07, 6.45) is 0. The quantitative estimate of drug-likeness (QED) is 0.769. The molecule has 0 unspecified atom stereocenters. The molecule has 0 radical (unpaired) electrons. The summed E-state index contributed by atoms with van der Waals surface area (Å²) in [4.78, 5) is 13.6. The summed E-state index contributed by atoms with van der Waals surface area (Å²) in [5.74, 6) is -0.117.